The molecule has 0 radical (unpaired) electrons. The number of hydrogen-bond donors (Lipinski definition) is 1. The predicted octanol–water partition coefficient (Wildman–Crippen LogP) is 0.764. The van der Waals surface area contributed by atoms with Crippen LogP contribution in [0.3, 0.4) is 0 Å². The largest absolute Gasteiger partial charge is 0.505 e. The Morgan fingerprint density at radius 3 is 3.00 bits per heavy atom. The lowest BCUT2D eigenvalue weighted by Gasteiger charge is -2.04. The van der Waals surface area contributed by atoms with Crippen molar-refractivity contribution in [2.75, 3.05) is 6.61 Å². The lowest BCUT2D eigenvalue weighted by atomic mass is 10.1. The monoisotopic (exact) mass is 206 g/mol. The summed E-state index contributed by atoms with van der Waals surface area (Å²) < 4.78 is 4.73. The number of ether oxygens (including phenoxy) is 1. The number of aromatic hydroxyl groups is 1. The highest BCUT2D eigenvalue weighted by molar-refractivity contribution is 5.73. The average Bonchev–Trinajstić information content (AvgIpc) is 2.18. The van der Waals surface area contributed by atoms with Crippen LogP contribution in [-0.2, 0) is 16.0 Å². The summed E-state index contributed by atoms with van der Waals surface area (Å²) in [5, 5.41) is 18.0. The van der Waals surface area contributed by atoms with Crippen LogP contribution in [0.1, 0.15) is 18.1 Å². The smallest absolute Gasteiger partial charge is 0.310 e. The lowest BCUT2D eigenvalue weighted by Crippen LogP contribution is -2.09. The third-order valence-corrected chi connectivity index (χ3v) is 1.76. The first-order valence-corrected chi connectivity index (χ1v) is 4.40. The van der Waals surface area contributed by atoms with Gasteiger partial charge in [0.25, 0.3) is 0 Å². The van der Waals surface area contributed by atoms with Gasteiger partial charge in [0, 0.05) is 11.8 Å². The number of rotatable bonds is 3. The van der Waals surface area contributed by atoms with Crippen molar-refractivity contribution in [3.63, 3.8) is 0 Å². The van der Waals surface area contributed by atoms with E-state index in [1.807, 2.05) is 6.07 Å². The third-order valence-electron chi connectivity index (χ3n) is 1.76. The van der Waals surface area contributed by atoms with Gasteiger partial charge in [0.2, 0.25) is 0 Å². The van der Waals surface area contributed by atoms with E-state index in [1.54, 1.807) is 6.92 Å². The minimum absolute atomic E-state index is 0.0574. The second kappa shape index (κ2) is 4.96. The van der Waals surface area contributed by atoms with Gasteiger partial charge in [-0.25, -0.2) is 0 Å². The molecule has 0 aliphatic carbocycles. The van der Waals surface area contributed by atoms with Gasteiger partial charge in [-0.05, 0) is 6.92 Å². The van der Waals surface area contributed by atoms with Crippen molar-refractivity contribution in [1.29, 1.82) is 5.26 Å². The molecule has 0 spiro atoms. The average molecular weight is 206 g/mol. The molecular formula is C10H10N2O3. The molecule has 0 saturated carbocycles. The van der Waals surface area contributed by atoms with Gasteiger partial charge in [0.15, 0.2) is 5.75 Å². The highest BCUT2D eigenvalue weighted by Gasteiger charge is 2.12. The molecule has 0 unspecified atom stereocenters. The van der Waals surface area contributed by atoms with Crippen molar-refractivity contribution in [3.8, 4) is 11.8 Å². The molecule has 1 heterocycles. The van der Waals surface area contributed by atoms with Crippen LogP contribution < -0.4 is 0 Å². The molecule has 0 aliphatic rings. The van der Waals surface area contributed by atoms with Crippen LogP contribution in [0.4, 0.5) is 0 Å². The Bertz CT molecular complexity index is 410. The molecule has 1 rings (SSSR count). The summed E-state index contributed by atoms with van der Waals surface area (Å²) in [6, 6.07) is 1.81. The number of carbonyl (C=O) groups is 1. The molecule has 1 N–H and O–H groups in total. The number of nitriles is 1. The van der Waals surface area contributed by atoms with E-state index < -0.39 is 5.97 Å². The Hall–Kier alpha value is -2.09. The standard InChI is InChI=1S/C10H10N2O3/c1-2-15-10(14)3-7-5-12-6-9(13)8(7)4-11/h5-6,13H,2-3H2,1H3. The van der Waals surface area contributed by atoms with Gasteiger partial charge < -0.3 is 9.84 Å². The SMILES string of the molecule is CCOC(=O)Cc1cncc(O)c1C#N. The fourth-order valence-electron chi connectivity index (χ4n) is 1.12. The van der Waals surface area contributed by atoms with E-state index in [-0.39, 0.29) is 24.3 Å². The van der Waals surface area contributed by atoms with Crippen LogP contribution in [0.15, 0.2) is 12.4 Å². The van der Waals surface area contributed by atoms with E-state index in [1.165, 1.54) is 6.20 Å². The van der Waals surface area contributed by atoms with Gasteiger partial charge in [-0.2, -0.15) is 5.26 Å². The van der Waals surface area contributed by atoms with Crippen molar-refractivity contribution >= 4 is 5.97 Å². The fourth-order valence-corrected chi connectivity index (χ4v) is 1.12. The van der Waals surface area contributed by atoms with Gasteiger partial charge in [-0.1, -0.05) is 0 Å². The van der Waals surface area contributed by atoms with E-state index in [9.17, 15) is 9.90 Å². The number of esters is 1. The summed E-state index contributed by atoms with van der Waals surface area (Å²) in [6.45, 7) is 1.98. The molecular weight excluding hydrogens is 196 g/mol. The van der Waals surface area contributed by atoms with Gasteiger partial charge in [0.1, 0.15) is 11.6 Å². The number of pyridine rings is 1. The van der Waals surface area contributed by atoms with Crippen molar-refractivity contribution in [3.05, 3.63) is 23.5 Å². The first-order valence-electron chi connectivity index (χ1n) is 4.40. The van der Waals surface area contributed by atoms with Crippen LogP contribution in [0.2, 0.25) is 0 Å². The van der Waals surface area contributed by atoms with Crippen LogP contribution in [-0.4, -0.2) is 22.7 Å². The quantitative estimate of drug-likeness (QED) is 0.738. The summed E-state index contributed by atoms with van der Waals surface area (Å²) in [5.74, 6) is -0.666. The van der Waals surface area contributed by atoms with Crippen LogP contribution in [0, 0.1) is 11.3 Å². The molecule has 5 nitrogen and oxygen atoms in total. The molecule has 0 saturated heterocycles. The van der Waals surface area contributed by atoms with Gasteiger partial charge >= 0.3 is 5.97 Å². The third kappa shape index (κ3) is 2.68. The maximum atomic E-state index is 11.2. The Kier molecular flexibility index (Phi) is 3.63. The highest BCUT2D eigenvalue weighted by Crippen LogP contribution is 2.18. The molecule has 0 atom stereocenters. The summed E-state index contributed by atoms with van der Waals surface area (Å²) in [6.07, 6.45) is 2.47. The van der Waals surface area contributed by atoms with Gasteiger partial charge in [-0.3, -0.25) is 9.78 Å². The maximum Gasteiger partial charge on any atom is 0.310 e. The summed E-state index contributed by atoms with van der Waals surface area (Å²) in [5.41, 5.74) is 0.439. The number of hydrogen-bond acceptors (Lipinski definition) is 5. The van der Waals surface area contributed by atoms with E-state index in [2.05, 4.69) is 4.98 Å². The normalized spacial score (nSPS) is 9.33. The Morgan fingerprint density at radius 2 is 2.40 bits per heavy atom. The highest BCUT2D eigenvalue weighted by atomic mass is 16.5. The zero-order valence-corrected chi connectivity index (χ0v) is 8.23. The Balaban J connectivity index is 2.91. The lowest BCUT2D eigenvalue weighted by molar-refractivity contribution is -0.142. The molecule has 0 fully saturated rings. The van der Waals surface area contributed by atoms with E-state index in [0.717, 1.165) is 6.20 Å². The summed E-state index contributed by atoms with van der Waals surface area (Å²) >= 11 is 0. The molecule has 0 aliphatic heterocycles. The predicted molar refractivity (Wildman–Crippen MR) is 51.0 cm³/mol. The summed E-state index contributed by atoms with van der Waals surface area (Å²) in [4.78, 5) is 14.8. The molecule has 78 valence electrons. The van der Waals surface area contributed by atoms with Gasteiger partial charge in [0.05, 0.1) is 19.2 Å². The molecule has 1 aromatic rings. The molecule has 0 bridgehead atoms. The molecule has 0 amide bonds. The zero-order valence-electron chi connectivity index (χ0n) is 8.23. The topological polar surface area (TPSA) is 83.2 Å². The van der Waals surface area contributed by atoms with Crippen molar-refractivity contribution in [2.45, 2.75) is 13.3 Å². The van der Waals surface area contributed by atoms with Crippen LogP contribution in [0.5, 0.6) is 5.75 Å². The second-order valence-electron chi connectivity index (χ2n) is 2.79. The first kappa shape index (κ1) is 11.0. The van der Waals surface area contributed by atoms with Crippen molar-refractivity contribution in [2.24, 2.45) is 0 Å². The van der Waals surface area contributed by atoms with Crippen LogP contribution >= 0.6 is 0 Å². The fraction of sp³-hybridized carbons (Fsp3) is 0.300. The second-order valence-corrected chi connectivity index (χ2v) is 2.79. The Morgan fingerprint density at radius 1 is 1.67 bits per heavy atom. The molecule has 15 heavy (non-hydrogen) atoms. The molecule has 5 heteroatoms. The molecule has 1 aromatic heterocycles. The number of aromatic nitrogens is 1. The van der Waals surface area contributed by atoms with E-state index >= 15 is 0 Å². The van der Waals surface area contributed by atoms with Gasteiger partial charge in [-0.15, -0.1) is 0 Å². The van der Waals surface area contributed by atoms with E-state index in [4.69, 9.17) is 10.00 Å². The molecule has 0 aromatic carbocycles. The maximum absolute atomic E-state index is 11.2. The minimum atomic E-state index is -0.443. The van der Waals surface area contributed by atoms with Crippen LogP contribution in [0.25, 0.3) is 0 Å². The van der Waals surface area contributed by atoms with Crippen molar-refractivity contribution in [1.82, 2.24) is 4.98 Å². The van der Waals surface area contributed by atoms with E-state index in [0.29, 0.717) is 5.56 Å². The van der Waals surface area contributed by atoms with Crippen molar-refractivity contribution < 1.29 is 14.6 Å². The zero-order chi connectivity index (χ0) is 11.3. The summed E-state index contributed by atoms with van der Waals surface area (Å²) in [7, 11) is 0. The Labute approximate surface area is 86.9 Å². The number of carbonyl (C=O) groups excluding carboxylic acids is 1. The first-order chi connectivity index (χ1) is 7.19. The minimum Gasteiger partial charge on any atom is -0.505 e. The number of nitrogens with zero attached hydrogens (tertiary/aromatic N) is 2.